The predicted octanol–water partition coefficient (Wildman–Crippen LogP) is 0.838. The number of nitrogens with zero attached hydrogens (tertiary/aromatic N) is 1. The number of anilines is 1. The molecule has 1 aromatic rings. The van der Waals surface area contributed by atoms with Crippen molar-refractivity contribution in [3.8, 4) is 0 Å². The lowest BCUT2D eigenvalue weighted by Crippen LogP contribution is -2.42. The van der Waals surface area contributed by atoms with Crippen molar-refractivity contribution in [1.29, 1.82) is 0 Å². The maximum atomic E-state index is 13.0. The number of hydrogen-bond acceptors (Lipinski definition) is 4. The quantitative estimate of drug-likeness (QED) is 0.762. The molecule has 0 fully saturated rings. The second-order valence-corrected chi connectivity index (χ2v) is 5.39. The van der Waals surface area contributed by atoms with Crippen molar-refractivity contribution in [3.05, 3.63) is 23.6 Å². The first-order valence-corrected chi connectivity index (χ1v) is 6.19. The summed E-state index contributed by atoms with van der Waals surface area (Å²) in [4.78, 5) is 26.8. The Kier molecular flexibility index (Phi) is 5.01. The molecule has 0 aliphatic rings. The molecule has 0 saturated heterocycles. The lowest BCUT2D eigenvalue weighted by Gasteiger charge is -2.20. The summed E-state index contributed by atoms with van der Waals surface area (Å²) in [6.45, 7) is 5.73. The number of nitrogens with two attached hydrogens (primary N) is 1. The van der Waals surface area contributed by atoms with E-state index in [9.17, 15) is 14.0 Å². The summed E-state index contributed by atoms with van der Waals surface area (Å²) in [7, 11) is 0. The van der Waals surface area contributed by atoms with E-state index in [2.05, 4.69) is 15.6 Å². The topological polar surface area (TPSA) is 97.1 Å². The highest BCUT2D eigenvalue weighted by molar-refractivity contribution is 5.98. The monoisotopic (exact) mass is 282 g/mol. The maximum Gasteiger partial charge on any atom is 0.255 e. The highest BCUT2D eigenvalue weighted by atomic mass is 19.1. The Morgan fingerprint density at radius 3 is 2.65 bits per heavy atom. The molecule has 4 N–H and O–H groups in total. The van der Waals surface area contributed by atoms with E-state index < -0.39 is 11.7 Å². The van der Waals surface area contributed by atoms with Crippen LogP contribution in [0.5, 0.6) is 0 Å². The van der Waals surface area contributed by atoms with Crippen LogP contribution in [0.3, 0.4) is 0 Å². The Balaban J connectivity index is 2.48. The molecule has 0 bridgehead atoms. The van der Waals surface area contributed by atoms with E-state index in [1.54, 1.807) is 0 Å². The largest absolute Gasteiger partial charge is 0.383 e. The van der Waals surface area contributed by atoms with Crippen molar-refractivity contribution < 1.29 is 14.0 Å². The van der Waals surface area contributed by atoms with Gasteiger partial charge < -0.3 is 16.4 Å². The third-order valence-corrected chi connectivity index (χ3v) is 2.28. The molecule has 6 nitrogen and oxygen atoms in total. The van der Waals surface area contributed by atoms with Gasteiger partial charge in [-0.15, -0.1) is 0 Å². The van der Waals surface area contributed by atoms with Crippen LogP contribution in [0.25, 0.3) is 0 Å². The first kappa shape index (κ1) is 15.9. The van der Waals surface area contributed by atoms with Crippen molar-refractivity contribution in [2.45, 2.75) is 32.7 Å². The van der Waals surface area contributed by atoms with Crippen LogP contribution < -0.4 is 16.4 Å². The van der Waals surface area contributed by atoms with E-state index >= 15 is 0 Å². The SMILES string of the molecule is CC(C)(C)NC(=O)CCNC(=O)c1cc(F)cnc1N. The van der Waals surface area contributed by atoms with Gasteiger partial charge in [-0.25, -0.2) is 9.37 Å². The molecular formula is C13H19FN4O2. The van der Waals surface area contributed by atoms with E-state index in [-0.39, 0.29) is 35.8 Å². The second-order valence-electron chi connectivity index (χ2n) is 5.39. The summed E-state index contributed by atoms with van der Waals surface area (Å²) in [5, 5.41) is 5.26. The Labute approximate surface area is 116 Å². The first-order valence-electron chi connectivity index (χ1n) is 6.19. The van der Waals surface area contributed by atoms with Gasteiger partial charge in [-0.1, -0.05) is 0 Å². The molecule has 110 valence electrons. The molecule has 7 heteroatoms. The number of rotatable bonds is 4. The summed E-state index contributed by atoms with van der Waals surface area (Å²) in [6.07, 6.45) is 1.06. The van der Waals surface area contributed by atoms with Crippen molar-refractivity contribution in [1.82, 2.24) is 15.6 Å². The molecule has 0 unspecified atom stereocenters. The van der Waals surface area contributed by atoms with Crippen molar-refractivity contribution in [2.24, 2.45) is 0 Å². The minimum atomic E-state index is -0.644. The highest BCUT2D eigenvalue weighted by Gasteiger charge is 2.15. The molecule has 0 radical (unpaired) electrons. The number of halogens is 1. The number of aromatic nitrogens is 1. The van der Waals surface area contributed by atoms with Crippen LogP contribution in [0.4, 0.5) is 10.2 Å². The Hall–Kier alpha value is -2.18. The number of pyridine rings is 1. The molecule has 0 saturated carbocycles. The second kappa shape index (κ2) is 6.31. The van der Waals surface area contributed by atoms with Gasteiger partial charge in [0.2, 0.25) is 5.91 Å². The molecule has 1 rings (SSSR count). The summed E-state index contributed by atoms with van der Waals surface area (Å²) in [5.41, 5.74) is 5.13. The number of nitrogens with one attached hydrogen (secondary N) is 2. The fourth-order valence-electron chi connectivity index (χ4n) is 1.50. The fraction of sp³-hybridized carbons (Fsp3) is 0.462. The third kappa shape index (κ3) is 5.21. The van der Waals surface area contributed by atoms with Crippen LogP contribution in [0.15, 0.2) is 12.3 Å². The zero-order valence-corrected chi connectivity index (χ0v) is 11.8. The summed E-state index contributed by atoms with van der Waals surface area (Å²) < 4.78 is 13.0. The van der Waals surface area contributed by atoms with Crippen molar-refractivity contribution >= 4 is 17.6 Å². The van der Waals surface area contributed by atoms with Crippen LogP contribution in [-0.4, -0.2) is 28.9 Å². The number of carbonyl (C=O) groups is 2. The van der Waals surface area contributed by atoms with Crippen molar-refractivity contribution in [3.63, 3.8) is 0 Å². The number of hydrogen-bond donors (Lipinski definition) is 3. The minimum absolute atomic E-state index is 0.0405. The van der Waals surface area contributed by atoms with Gasteiger partial charge in [-0.05, 0) is 26.8 Å². The molecular weight excluding hydrogens is 263 g/mol. The average molecular weight is 282 g/mol. The summed E-state index contributed by atoms with van der Waals surface area (Å²) in [5.74, 6) is -1.43. The minimum Gasteiger partial charge on any atom is -0.383 e. The Morgan fingerprint density at radius 1 is 1.40 bits per heavy atom. The van der Waals surface area contributed by atoms with Crippen molar-refractivity contribution in [2.75, 3.05) is 12.3 Å². The zero-order valence-electron chi connectivity index (χ0n) is 11.8. The molecule has 1 aromatic heterocycles. The maximum absolute atomic E-state index is 13.0. The number of amides is 2. The van der Waals surface area contributed by atoms with Gasteiger partial charge in [0.05, 0.1) is 11.8 Å². The van der Waals surface area contributed by atoms with Crippen LogP contribution in [0.1, 0.15) is 37.6 Å². The lowest BCUT2D eigenvalue weighted by atomic mass is 10.1. The molecule has 1 heterocycles. The normalized spacial score (nSPS) is 11.0. The van der Waals surface area contributed by atoms with Gasteiger partial charge in [0.15, 0.2) is 0 Å². The molecule has 20 heavy (non-hydrogen) atoms. The Morgan fingerprint density at radius 2 is 2.05 bits per heavy atom. The van der Waals surface area contributed by atoms with E-state index in [1.165, 1.54) is 0 Å². The van der Waals surface area contributed by atoms with Crippen LogP contribution in [0.2, 0.25) is 0 Å². The molecule has 0 spiro atoms. The summed E-state index contributed by atoms with van der Waals surface area (Å²) in [6, 6.07) is 1.01. The van der Waals surface area contributed by atoms with Crippen LogP contribution in [-0.2, 0) is 4.79 Å². The van der Waals surface area contributed by atoms with Gasteiger partial charge in [-0.3, -0.25) is 9.59 Å². The predicted molar refractivity (Wildman–Crippen MR) is 73.5 cm³/mol. The average Bonchev–Trinajstić information content (AvgIpc) is 2.29. The van der Waals surface area contributed by atoms with Crippen LogP contribution >= 0.6 is 0 Å². The molecule has 0 atom stereocenters. The van der Waals surface area contributed by atoms with E-state index in [1.807, 2.05) is 20.8 Å². The van der Waals surface area contributed by atoms with Gasteiger partial charge in [0.25, 0.3) is 5.91 Å². The summed E-state index contributed by atoms with van der Waals surface area (Å²) >= 11 is 0. The van der Waals surface area contributed by atoms with E-state index in [0.717, 1.165) is 12.3 Å². The van der Waals surface area contributed by atoms with Gasteiger partial charge in [0.1, 0.15) is 11.6 Å². The van der Waals surface area contributed by atoms with Gasteiger partial charge in [0, 0.05) is 18.5 Å². The molecule has 0 aliphatic carbocycles. The zero-order chi connectivity index (χ0) is 15.3. The smallest absolute Gasteiger partial charge is 0.255 e. The van der Waals surface area contributed by atoms with E-state index in [0.29, 0.717) is 0 Å². The molecule has 2 amide bonds. The Bertz CT molecular complexity index is 512. The van der Waals surface area contributed by atoms with Gasteiger partial charge >= 0.3 is 0 Å². The highest BCUT2D eigenvalue weighted by Crippen LogP contribution is 2.09. The first-order chi connectivity index (χ1) is 9.19. The fourth-order valence-corrected chi connectivity index (χ4v) is 1.50. The van der Waals surface area contributed by atoms with Gasteiger partial charge in [-0.2, -0.15) is 0 Å². The molecule has 0 aromatic carbocycles. The number of nitrogen functional groups attached to an aromatic ring is 1. The molecule has 0 aliphatic heterocycles. The third-order valence-electron chi connectivity index (χ3n) is 2.28. The van der Waals surface area contributed by atoms with E-state index in [4.69, 9.17) is 5.73 Å². The number of carbonyl (C=O) groups excluding carboxylic acids is 2. The standard InChI is InChI=1S/C13H19FN4O2/c1-13(2,3)18-10(19)4-5-16-12(20)9-6-8(14)7-17-11(9)15/h6-7H,4-5H2,1-3H3,(H2,15,17)(H,16,20)(H,18,19). The lowest BCUT2D eigenvalue weighted by molar-refractivity contribution is -0.122. The van der Waals surface area contributed by atoms with Crippen LogP contribution in [0, 0.1) is 5.82 Å².